The highest BCUT2D eigenvalue weighted by Gasteiger charge is 2.15. The fraction of sp³-hybridized carbons (Fsp3) is 0.235. The number of benzene rings is 2. The second-order valence-electron chi connectivity index (χ2n) is 4.75. The zero-order valence-electron chi connectivity index (χ0n) is 12.3. The maximum absolute atomic E-state index is 11.3. The molecule has 2 aromatic carbocycles. The zero-order chi connectivity index (χ0) is 15.1. The molecule has 4 heteroatoms. The Morgan fingerprint density at radius 2 is 1.52 bits per heavy atom. The maximum Gasteiger partial charge on any atom is 0.407 e. The summed E-state index contributed by atoms with van der Waals surface area (Å²) in [7, 11) is 1.56. The number of carbonyl (C=O) groups excluding carboxylic acids is 1. The Labute approximate surface area is 125 Å². The van der Waals surface area contributed by atoms with Crippen LogP contribution in [0.4, 0.5) is 16.2 Å². The van der Waals surface area contributed by atoms with Crippen molar-refractivity contribution in [2.45, 2.75) is 13.0 Å². The fourth-order valence-electron chi connectivity index (χ4n) is 2.11. The van der Waals surface area contributed by atoms with Crippen LogP contribution in [-0.2, 0) is 4.74 Å². The van der Waals surface area contributed by atoms with Gasteiger partial charge < -0.3 is 15.0 Å². The summed E-state index contributed by atoms with van der Waals surface area (Å²) in [4.78, 5) is 13.5. The van der Waals surface area contributed by atoms with Gasteiger partial charge in [-0.25, -0.2) is 4.79 Å². The standard InChI is InChI=1S/C17H20N2O2/c1-14(21-17(20)18-2)13-19(15-9-5-3-6-10-15)16-11-7-4-8-12-16/h3-12,14H,13H2,1-2H3,(H,18,20)/t14-/m0/s1. The first-order chi connectivity index (χ1) is 10.2. The highest BCUT2D eigenvalue weighted by Crippen LogP contribution is 2.25. The van der Waals surface area contributed by atoms with Gasteiger partial charge >= 0.3 is 6.09 Å². The summed E-state index contributed by atoms with van der Waals surface area (Å²) in [6, 6.07) is 20.1. The maximum atomic E-state index is 11.3. The quantitative estimate of drug-likeness (QED) is 0.912. The first-order valence-electron chi connectivity index (χ1n) is 6.96. The molecule has 0 fully saturated rings. The van der Waals surface area contributed by atoms with E-state index < -0.39 is 6.09 Å². The minimum Gasteiger partial charge on any atom is -0.445 e. The predicted molar refractivity (Wildman–Crippen MR) is 84.9 cm³/mol. The van der Waals surface area contributed by atoms with E-state index in [1.54, 1.807) is 7.05 Å². The van der Waals surface area contributed by atoms with Gasteiger partial charge in [0.05, 0.1) is 6.54 Å². The van der Waals surface area contributed by atoms with Gasteiger partial charge in [0.25, 0.3) is 0 Å². The lowest BCUT2D eigenvalue weighted by molar-refractivity contribution is 0.112. The SMILES string of the molecule is CNC(=O)O[C@@H](C)CN(c1ccccc1)c1ccccc1. The van der Waals surface area contributed by atoms with Crippen molar-refractivity contribution in [3.05, 3.63) is 60.7 Å². The van der Waals surface area contributed by atoms with Gasteiger partial charge in [-0.1, -0.05) is 36.4 Å². The van der Waals surface area contributed by atoms with Crippen LogP contribution in [0, 0.1) is 0 Å². The van der Waals surface area contributed by atoms with Crippen molar-refractivity contribution in [1.82, 2.24) is 5.32 Å². The topological polar surface area (TPSA) is 41.6 Å². The van der Waals surface area contributed by atoms with Crippen molar-refractivity contribution < 1.29 is 9.53 Å². The highest BCUT2D eigenvalue weighted by atomic mass is 16.6. The molecule has 0 saturated heterocycles. The van der Waals surface area contributed by atoms with E-state index >= 15 is 0 Å². The fourth-order valence-corrected chi connectivity index (χ4v) is 2.11. The minimum absolute atomic E-state index is 0.231. The summed E-state index contributed by atoms with van der Waals surface area (Å²) in [5.41, 5.74) is 2.13. The van der Waals surface area contributed by atoms with Crippen LogP contribution in [0.25, 0.3) is 0 Å². The summed E-state index contributed by atoms with van der Waals surface area (Å²) in [5.74, 6) is 0. The van der Waals surface area contributed by atoms with Crippen molar-refractivity contribution in [1.29, 1.82) is 0 Å². The number of amides is 1. The molecule has 0 heterocycles. The Hall–Kier alpha value is -2.49. The largest absolute Gasteiger partial charge is 0.445 e. The molecular formula is C17H20N2O2. The molecule has 0 spiro atoms. The molecule has 2 aromatic rings. The van der Waals surface area contributed by atoms with Crippen molar-refractivity contribution in [2.24, 2.45) is 0 Å². The van der Waals surface area contributed by atoms with E-state index in [9.17, 15) is 4.79 Å². The number of para-hydroxylation sites is 2. The van der Waals surface area contributed by atoms with Crippen LogP contribution >= 0.6 is 0 Å². The van der Waals surface area contributed by atoms with E-state index in [-0.39, 0.29) is 6.10 Å². The van der Waals surface area contributed by atoms with Crippen LogP contribution in [0.15, 0.2) is 60.7 Å². The summed E-state index contributed by atoms with van der Waals surface area (Å²) in [6.45, 7) is 2.47. The molecule has 0 unspecified atom stereocenters. The van der Waals surface area contributed by atoms with Gasteiger partial charge in [0.15, 0.2) is 0 Å². The van der Waals surface area contributed by atoms with E-state index in [2.05, 4.69) is 10.2 Å². The van der Waals surface area contributed by atoms with Crippen LogP contribution in [0.2, 0.25) is 0 Å². The molecular weight excluding hydrogens is 264 g/mol. The van der Waals surface area contributed by atoms with Gasteiger partial charge in [-0.3, -0.25) is 0 Å². The van der Waals surface area contributed by atoms with Crippen LogP contribution in [0.5, 0.6) is 0 Å². The summed E-state index contributed by atoms with van der Waals surface area (Å²) < 4.78 is 5.28. The number of alkyl carbamates (subject to hydrolysis) is 1. The zero-order valence-corrected chi connectivity index (χ0v) is 12.3. The van der Waals surface area contributed by atoms with Crippen LogP contribution < -0.4 is 10.2 Å². The van der Waals surface area contributed by atoms with Gasteiger partial charge in [-0.05, 0) is 31.2 Å². The molecule has 1 atom stereocenters. The Bertz CT molecular complexity index is 518. The van der Waals surface area contributed by atoms with Crippen molar-refractivity contribution in [3.8, 4) is 0 Å². The van der Waals surface area contributed by atoms with Gasteiger partial charge in [0, 0.05) is 18.4 Å². The van der Waals surface area contributed by atoms with Crippen LogP contribution in [0.1, 0.15) is 6.92 Å². The van der Waals surface area contributed by atoms with E-state index in [0.717, 1.165) is 11.4 Å². The molecule has 0 aromatic heterocycles. The predicted octanol–water partition coefficient (Wildman–Crippen LogP) is 3.57. The number of hydrogen-bond donors (Lipinski definition) is 1. The Morgan fingerprint density at radius 3 is 1.95 bits per heavy atom. The lowest BCUT2D eigenvalue weighted by Crippen LogP contribution is -2.33. The molecule has 0 saturated carbocycles. The summed E-state index contributed by atoms with van der Waals surface area (Å²) in [6.07, 6.45) is -0.645. The van der Waals surface area contributed by atoms with E-state index in [4.69, 9.17) is 4.74 Å². The van der Waals surface area contributed by atoms with E-state index in [0.29, 0.717) is 6.54 Å². The normalized spacial score (nSPS) is 11.5. The van der Waals surface area contributed by atoms with E-state index in [1.807, 2.05) is 67.6 Å². The third-order valence-corrected chi connectivity index (χ3v) is 3.09. The number of carbonyl (C=O) groups is 1. The van der Waals surface area contributed by atoms with Gasteiger partial charge in [-0.15, -0.1) is 0 Å². The lowest BCUT2D eigenvalue weighted by atomic mass is 10.2. The first kappa shape index (κ1) is 14.9. The van der Waals surface area contributed by atoms with Crippen LogP contribution in [-0.4, -0.2) is 25.8 Å². The van der Waals surface area contributed by atoms with Gasteiger partial charge in [-0.2, -0.15) is 0 Å². The number of nitrogens with zero attached hydrogens (tertiary/aromatic N) is 1. The molecule has 0 bridgehead atoms. The van der Waals surface area contributed by atoms with Crippen molar-refractivity contribution >= 4 is 17.5 Å². The van der Waals surface area contributed by atoms with Gasteiger partial charge in [0.1, 0.15) is 6.10 Å². The molecule has 1 N–H and O–H groups in total. The molecule has 1 amide bonds. The lowest BCUT2D eigenvalue weighted by Gasteiger charge is -2.27. The molecule has 21 heavy (non-hydrogen) atoms. The monoisotopic (exact) mass is 284 g/mol. The molecule has 0 aliphatic carbocycles. The van der Waals surface area contributed by atoms with Crippen molar-refractivity contribution in [2.75, 3.05) is 18.5 Å². The second kappa shape index (κ2) is 7.33. The number of nitrogens with one attached hydrogen (secondary N) is 1. The molecule has 0 aliphatic heterocycles. The highest BCUT2D eigenvalue weighted by molar-refractivity contribution is 5.67. The number of anilines is 2. The molecule has 4 nitrogen and oxygen atoms in total. The minimum atomic E-state index is -0.413. The number of rotatable bonds is 5. The number of ether oxygens (including phenoxy) is 1. The third kappa shape index (κ3) is 4.24. The molecule has 2 rings (SSSR count). The Balaban J connectivity index is 2.19. The third-order valence-electron chi connectivity index (χ3n) is 3.09. The molecule has 110 valence electrons. The number of hydrogen-bond acceptors (Lipinski definition) is 3. The second-order valence-corrected chi connectivity index (χ2v) is 4.75. The first-order valence-corrected chi connectivity index (χ1v) is 6.96. The average Bonchev–Trinajstić information content (AvgIpc) is 2.54. The molecule has 0 aliphatic rings. The van der Waals surface area contributed by atoms with Crippen LogP contribution in [0.3, 0.4) is 0 Å². The van der Waals surface area contributed by atoms with Gasteiger partial charge in [0.2, 0.25) is 0 Å². The van der Waals surface area contributed by atoms with E-state index in [1.165, 1.54) is 0 Å². The average molecular weight is 284 g/mol. The summed E-state index contributed by atoms with van der Waals surface area (Å²) >= 11 is 0. The Kier molecular flexibility index (Phi) is 5.21. The Morgan fingerprint density at radius 1 is 1.05 bits per heavy atom. The molecule has 0 radical (unpaired) electrons. The van der Waals surface area contributed by atoms with Crippen molar-refractivity contribution in [3.63, 3.8) is 0 Å². The smallest absolute Gasteiger partial charge is 0.407 e. The summed E-state index contributed by atoms with van der Waals surface area (Å²) in [5, 5.41) is 2.47.